The van der Waals surface area contributed by atoms with Gasteiger partial charge in [0.1, 0.15) is 11.5 Å². The molecule has 0 aliphatic rings. The number of benzene rings is 2. The monoisotopic (exact) mass is 587 g/mol. The Morgan fingerprint density at radius 1 is 0.833 bits per heavy atom. The summed E-state index contributed by atoms with van der Waals surface area (Å²) in [6.07, 6.45) is 0.520. The van der Waals surface area contributed by atoms with Crippen LogP contribution >= 0.6 is 0 Å². The lowest BCUT2D eigenvalue weighted by molar-refractivity contribution is -0.138. The van der Waals surface area contributed by atoms with E-state index < -0.39 is 23.7 Å². The van der Waals surface area contributed by atoms with E-state index in [-0.39, 0.29) is 30.1 Å². The van der Waals surface area contributed by atoms with Crippen LogP contribution in [0.5, 0.6) is 11.5 Å². The van der Waals surface area contributed by atoms with Gasteiger partial charge in [0.15, 0.2) is 0 Å². The molecule has 4 amide bonds. The molecule has 0 fully saturated rings. The first-order valence-corrected chi connectivity index (χ1v) is 13.2. The minimum absolute atomic E-state index is 0.0112. The highest BCUT2D eigenvalue weighted by Gasteiger charge is 2.32. The SMILES string of the molecule is Cc1ccc(NC(=O)Nc2ccc(Oc3ccnc(CNC(=O)CCCCCCC(=O)NO)c3)cc2)cc1C(F)(F)F. The summed E-state index contributed by atoms with van der Waals surface area (Å²) in [6.45, 7) is 1.57. The Hall–Kier alpha value is -4.65. The van der Waals surface area contributed by atoms with Crippen molar-refractivity contribution >= 4 is 29.2 Å². The van der Waals surface area contributed by atoms with Crippen LogP contribution in [-0.2, 0) is 22.3 Å². The van der Waals surface area contributed by atoms with E-state index in [1.165, 1.54) is 19.1 Å². The van der Waals surface area contributed by atoms with Gasteiger partial charge >= 0.3 is 12.2 Å². The second-order valence-electron chi connectivity index (χ2n) is 9.44. The number of amides is 4. The summed E-state index contributed by atoms with van der Waals surface area (Å²) in [5, 5.41) is 16.2. The molecule has 224 valence electrons. The number of alkyl halides is 3. The Balaban J connectivity index is 1.43. The first kappa shape index (κ1) is 31.9. The summed E-state index contributed by atoms with van der Waals surface area (Å²) in [6, 6.07) is 12.6. The number of unbranched alkanes of at least 4 members (excludes halogenated alkanes) is 3. The number of anilines is 2. The average Bonchev–Trinajstić information content (AvgIpc) is 2.95. The summed E-state index contributed by atoms with van der Waals surface area (Å²) in [5.74, 6) is 0.410. The van der Waals surface area contributed by atoms with Crippen molar-refractivity contribution in [3.05, 3.63) is 77.6 Å². The van der Waals surface area contributed by atoms with E-state index in [1.54, 1.807) is 48.1 Å². The number of carbonyl (C=O) groups is 3. The lowest BCUT2D eigenvalue weighted by atomic mass is 10.1. The van der Waals surface area contributed by atoms with Crippen molar-refractivity contribution in [3.8, 4) is 11.5 Å². The van der Waals surface area contributed by atoms with E-state index >= 15 is 0 Å². The van der Waals surface area contributed by atoms with Crippen LogP contribution in [0.4, 0.5) is 29.3 Å². The molecule has 0 saturated heterocycles. The Bertz CT molecular complexity index is 1370. The van der Waals surface area contributed by atoms with Crippen molar-refractivity contribution in [2.45, 2.75) is 58.2 Å². The predicted octanol–water partition coefficient (Wildman–Crippen LogP) is 6.31. The van der Waals surface area contributed by atoms with Crippen LogP contribution in [0.3, 0.4) is 0 Å². The van der Waals surface area contributed by atoms with Gasteiger partial charge in [0, 0.05) is 36.5 Å². The standard InChI is InChI=1S/C29H32F3N5O5/c1-19-8-9-21(17-25(19)29(30,31)32)36-28(40)35-20-10-12-23(13-11-20)42-24-14-15-33-22(16-24)18-34-26(38)6-4-2-3-5-7-27(39)37-41/h8-17,41H,2-7,18H2,1H3,(H,34,38)(H,37,39)(H2,35,36,40). The van der Waals surface area contributed by atoms with Crippen LogP contribution in [0.1, 0.15) is 55.3 Å². The number of nitrogens with zero attached hydrogens (tertiary/aromatic N) is 1. The van der Waals surface area contributed by atoms with E-state index in [2.05, 4.69) is 20.9 Å². The van der Waals surface area contributed by atoms with Crippen LogP contribution in [0.2, 0.25) is 0 Å². The van der Waals surface area contributed by atoms with Gasteiger partial charge in [0.2, 0.25) is 11.8 Å². The molecule has 5 N–H and O–H groups in total. The molecule has 0 bridgehead atoms. The lowest BCUT2D eigenvalue weighted by Crippen LogP contribution is -2.22. The van der Waals surface area contributed by atoms with Gasteiger partial charge in [0.25, 0.3) is 0 Å². The van der Waals surface area contributed by atoms with Crippen molar-refractivity contribution in [1.29, 1.82) is 0 Å². The third-order valence-corrected chi connectivity index (χ3v) is 6.09. The van der Waals surface area contributed by atoms with Crippen LogP contribution in [-0.4, -0.2) is 28.0 Å². The molecular formula is C29H32F3N5O5. The molecule has 2 aromatic carbocycles. The maximum atomic E-state index is 13.1. The van der Waals surface area contributed by atoms with Gasteiger partial charge in [0.05, 0.1) is 17.8 Å². The number of hydrogen-bond donors (Lipinski definition) is 5. The number of rotatable bonds is 13. The molecule has 1 aromatic heterocycles. The van der Waals surface area contributed by atoms with Crippen molar-refractivity contribution in [3.63, 3.8) is 0 Å². The number of urea groups is 1. The molecule has 0 unspecified atom stereocenters. The number of halogens is 3. The van der Waals surface area contributed by atoms with Crippen LogP contribution in [0, 0.1) is 6.92 Å². The molecule has 13 heteroatoms. The van der Waals surface area contributed by atoms with Gasteiger partial charge in [-0.05, 0) is 67.8 Å². The van der Waals surface area contributed by atoms with E-state index in [0.717, 1.165) is 18.9 Å². The number of pyridine rings is 1. The number of carbonyl (C=O) groups excluding carboxylic acids is 3. The Kier molecular flexibility index (Phi) is 11.7. The summed E-state index contributed by atoms with van der Waals surface area (Å²) < 4.78 is 45.2. The summed E-state index contributed by atoms with van der Waals surface area (Å²) in [4.78, 5) is 39.6. The highest BCUT2D eigenvalue weighted by atomic mass is 19.4. The maximum absolute atomic E-state index is 13.1. The minimum Gasteiger partial charge on any atom is -0.457 e. The van der Waals surface area contributed by atoms with Gasteiger partial charge in [-0.3, -0.25) is 19.8 Å². The summed E-state index contributed by atoms with van der Waals surface area (Å²) in [5.41, 5.74) is 1.83. The zero-order valence-corrected chi connectivity index (χ0v) is 22.9. The van der Waals surface area contributed by atoms with E-state index in [9.17, 15) is 27.6 Å². The number of aromatic nitrogens is 1. The topological polar surface area (TPSA) is 142 Å². The third kappa shape index (κ3) is 10.7. The molecule has 0 atom stereocenters. The maximum Gasteiger partial charge on any atom is 0.416 e. The first-order chi connectivity index (χ1) is 20.0. The van der Waals surface area contributed by atoms with Crippen molar-refractivity contribution < 1.29 is 37.5 Å². The molecule has 10 nitrogen and oxygen atoms in total. The van der Waals surface area contributed by atoms with E-state index in [0.29, 0.717) is 42.1 Å². The first-order valence-electron chi connectivity index (χ1n) is 13.2. The molecule has 3 aromatic rings. The van der Waals surface area contributed by atoms with Crippen LogP contribution < -0.4 is 26.2 Å². The van der Waals surface area contributed by atoms with Crippen LogP contribution in [0.15, 0.2) is 60.8 Å². The van der Waals surface area contributed by atoms with Gasteiger partial charge in [-0.25, -0.2) is 10.3 Å². The van der Waals surface area contributed by atoms with Gasteiger partial charge in [-0.1, -0.05) is 18.9 Å². The fraction of sp³-hybridized carbons (Fsp3) is 0.310. The van der Waals surface area contributed by atoms with Crippen LogP contribution in [0.25, 0.3) is 0 Å². The number of nitrogens with one attached hydrogen (secondary N) is 4. The zero-order chi connectivity index (χ0) is 30.5. The van der Waals surface area contributed by atoms with Gasteiger partial charge in [-0.2, -0.15) is 13.2 Å². The number of hydroxylamine groups is 1. The molecule has 42 heavy (non-hydrogen) atoms. The predicted molar refractivity (Wildman–Crippen MR) is 149 cm³/mol. The van der Waals surface area contributed by atoms with E-state index in [1.807, 2.05) is 0 Å². The largest absolute Gasteiger partial charge is 0.457 e. The number of hydrogen-bond acceptors (Lipinski definition) is 6. The lowest BCUT2D eigenvalue weighted by Gasteiger charge is -2.13. The fourth-order valence-corrected chi connectivity index (χ4v) is 3.92. The molecule has 0 aliphatic heterocycles. The van der Waals surface area contributed by atoms with Crippen molar-refractivity contribution in [1.82, 2.24) is 15.8 Å². The second-order valence-corrected chi connectivity index (χ2v) is 9.44. The van der Waals surface area contributed by atoms with Crippen molar-refractivity contribution in [2.75, 3.05) is 10.6 Å². The Labute approximate surface area is 240 Å². The Morgan fingerprint density at radius 3 is 2.14 bits per heavy atom. The molecule has 0 spiro atoms. The average molecular weight is 588 g/mol. The van der Waals surface area contributed by atoms with Crippen molar-refractivity contribution in [2.24, 2.45) is 0 Å². The zero-order valence-electron chi connectivity index (χ0n) is 22.9. The Morgan fingerprint density at radius 2 is 1.48 bits per heavy atom. The normalized spacial score (nSPS) is 11.0. The smallest absolute Gasteiger partial charge is 0.416 e. The number of ether oxygens (including phenoxy) is 1. The molecule has 3 rings (SSSR count). The minimum atomic E-state index is -4.53. The second kappa shape index (κ2) is 15.4. The third-order valence-electron chi connectivity index (χ3n) is 6.09. The highest BCUT2D eigenvalue weighted by molar-refractivity contribution is 5.99. The highest BCUT2D eigenvalue weighted by Crippen LogP contribution is 2.33. The summed E-state index contributed by atoms with van der Waals surface area (Å²) in [7, 11) is 0. The van der Waals surface area contributed by atoms with E-state index in [4.69, 9.17) is 9.94 Å². The molecule has 0 saturated carbocycles. The quantitative estimate of drug-likeness (QED) is 0.0902. The van der Waals surface area contributed by atoms with Gasteiger partial charge in [-0.15, -0.1) is 0 Å². The molecule has 0 radical (unpaired) electrons. The molecular weight excluding hydrogens is 555 g/mol. The molecule has 1 heterocycles. The fourth-order valence-electron chi connectivity index (χ4n) is 3.92. The van der Waals surface area contributed by atoms with Gasteiger partial charge < -0.3 is 20.7 Å². The molecule has 0 aliphatic carbocycles. The number of aryl methyl sites for hydroxylation is 1. The summed E-state index contributed by atoms with van der Waals surface area (Å²) >= 11 is 0.